The quantitative estimate of drug-likeness (QED) is 0.831. The Hall–Kier alpha value is -0.660. The lowest BCUT2D eigenvalue weighted by Crippen LogP contribution is -2.32. The summed E-state index contributed by atoms with van der Waals surface area (Å²) in [5, 5.41) is 0.282. The lowest BCUT2D eigenvalue weighted by Gasteiger charge is -2.12. The summed E-state index contributed by atoms with van der Waals surface area (Å²) in [6, 6.07) is -0.0670. The van der Waals surface area contributed by atoms with Crippen LogP contribution in [0.2, 0.25) is 0 Å². The summed E-state index contributed by atoms with van der Waals surface area (Å²) in [4.78, 5) is 3.92. The minimum absolute atomic E-state index is 0.0670. The molecule has 7 heteroatoms. The zero-order chi connectivity index (χ0) is 13.1. The van der Waals surface area contributed by atoms with Crippen LogP contribution in [0, 0.1) is 6.92 Å². The van der Waals surface area contributed by atoms with E-state index in [0.29, 0.717) is 5.69 Å². The lowest BCUT2D eigenvalue weighted by molar-refractivity contribution is 0.535. The Kier molecular flexibility index (Phi) is 4.91. The van der Waals surface area contributed by atoms with Crippen molar-refractivity contribution in [2.75, 3.05) is 5.73 Å². The molecule has 17 heavy (non-hydrogen) atoms. The molecule has 1 aromatic rings. The second-order valence-electron chi connectivity index (χ2n) is 4.09. The Bertz CT molecular complexity index is 468. The van der Waals surface area contributed by atoms with E-state index in [9.17, 15) is 8.42 Å². The molecule has 3 N–H and O–H groups in total. The van der Waals surface area contributed by atoms with Gasteiger partial charge in [-0.15, -0.1) is 0 Å². The zero-order valence-corrected chi connectivity index (χ0v) is 12.0. The van der Waals surface area contributed by atoms with E-state index in [1.165, 1.54) is 0 Å². The molecule has 5 nitrogen and oxygen atoms in total. The number of thiazole rings is 1. The summed E-state index contributed by atoms with van der Waals surface area (Å²) in [5.41, 5.74) is 5.96. The molecule has 0 saturated carbocycles. The van der Waals surface area contributed by atoms with Crippen molar-refractivity contribution in [3.63, 3.8) is 0 Å². The Morgan fingerprint density at radius 2 is 2.18 bits per heavy atom. The van der Waals surface area contributed by atoms with Crippen molar-refractivity contribution in [2.24, 2.45) is 0 Å². The maximum absolute atomic E-state index is 12.0. The van der Waals surface area contributed by atoms with Gasteiger partial charge in [-0.3, -0.25) is 0 Å². The van der Waals surface area contributed by atoms with Gasteiger partial charge in [-0.25, -0.2) is 18.1 Å². The topological polar surface area (TPSA) is 85.1 Å². The van der Waals surface area contributed by atoms with Gasteiger partial charge in [0.15, 0.2) is 9.34 Å². The summed E-state index contributed by atoms with van der Waals surface area (Å²) in [6.07, 6.45) is 2.90. The molecule has 1 unspecified atom stereocenters. The predicted molar refractivity (Wildman–Crippen MR) is 70.6 cm³/mol. The zero-order valence-electron chi connectivity index (χ0n) is 10.4. The number of aromatic nitrogens is 1. The molecule has 0 spiro atoms. The van der Waals surface area contributed by atoms with E-state index < -0.39 is 10.0 Å². The second kappa shape index (κ2) is 5.79. The van der Waals surface area contributed by atoms with E-state index in [1.807, 2.05) is 6.92 Å². The van der Waals surface area contributed by atoms with Crippen LogP contribution in [-0.4, -0.2) is 19.4 Å². The number of hydrogen-bond donors (Lipinski definition) is 2. The van der Waals surface area contributed by atoms with Gasteiger partial charge in [-0.2, -0.15) is 0 Å². The molecular formula is C10H19N3O2S2. The van der Waals surface area contributed by atoms with Gasteiger partial charge in [0, 0.05) is 6.04 Å². The number of nitrogen functional groups attached to an aromatic ring is 1. The van der Waals surface area contributed by atoms with Crippen LogP contribution in [0.1, 0.15) is 38.8 Å². The first-order valence-electron chi connectivity index (χ1n) is 5.62. The molecular weight excluding hydrogens is 258 g/mol. The molecule has 1 rings (SSSR count). The van der Waals surface area contributed by atoms with Crippen molar-refractivity contribution >= 4 is 26.5 Å². The highest BCUT2D eigenvalue weighted by atomic mass is 32.2. The van der Waals surface area contributed by atoms with E-state index in [2.05, 4.69) is 16.6 Å². The monoisotopic (exact) mass is 277 g/mol. The van der Waals surface area contributed by atoms with Gasteiger partial charge in [-0.1, -0.05) is 31.1 Å². The molecule has 0 fully saturated rings. The molecule has 0 aliphatic heterocycles. The third-order valence-corrected chi connectivity index (χ3v) is 5.55. The van der Waals surface area contributed by atoms with Crippen molar-refractivity contribution in [3.05, 3.63) is 5.69 Å². The number of unbranched alkanes of at least 4 members (excludes halogenated alkanes) is 1. The molecule has 1 atom stereocenters. The number of nitrogens with two attached hydrogens (primary N) is 1. The highest BCUT2D eigenvalue weighted by Crippen LogP contribution is 2.25. The maximum atomic E-state index is 12.0. The summed E-state index contributed by atoms with van der Waals surface area (Å²) in [6.45, 7) is 5.60. The fourth-order valence-electron chi connectivity index (χ4n) is 1.54. The van der Waals surface area contributed by atoms with Crippen molar-refractivity contribution in [3.8, 4) is 0 Å². The average Bonchev–Trinajstić information content (AvgIpc) is 2.55. The number of anilines is 1. The van der Waals surface area contributed by atoms with Gasteiger partial charge in [0.1, 0.15) is 0 Å². The summed E-state index contributed by atoms with van der Waals surface area (Å²) in [7, 11) is -3.47. The first kappa shape index (κ1) is 14.4. The summed E-state index contributed by atoms with van der Waals surface area (Å²) in [5.74, 6) is 0. The van der Waals surface area contributed by atoms with Crippen LogP contribution < -0.4 is 10.5 Å². The first-order valence-corrected chi connectivity index (χ1v) is 7.92. The third-order valence-electron chi connectivity index (χ3n) is 2.36. The van der Waals surface area contributed by atoms with Gasteiger partial charge in [0.05, 0.1) is 5.69 Å². The van der Waals surface area contributed by atoms with Crippen LogP contribution in [0.15, 0.2) is 4.21 Å². The van der Waals surface area contributed by atoms with E-state index in [0.717, 1.165) is 30.6 Å². The fraction of sp³-hybridized carbons (Fsp3) is 0.700. The molecule has 0 aliphatic carbocycles. The minimum atomic E-state index is -3.47. The summed E-state index contributed by atoms with van der Waals surface area (Å²) < 4.78 is 27.0. The molecule has 1 heterocycles. The Labute approximate surface area is 106 Å². The number of aryl methyl sites for hydroxylation is 1. The van der Waals surface area contributed by atoms with Crippen LogP contribution in [-0.2, 0) is 10.0 Å². The van der Waals surface area contributed by atoms with E-state index in [4.69, 9.17) is 5.73 Å². The second-order valence-corrected chi connectivity index (χ2v) is 7.03. The molecule has 1 aromatic heterocycles. The van der Waals surface area contributed by atoms with Gasteiger partial charge < -0.3 is 5.73 Å². The fourth-order valence-corrected chi connectivity index (χ4v) is 4.13. The molecule has 0 amide bonds. The Morgan fingerprint density at radius 1 is 1.53 bits per heavy atom. The highest BCUT2D eigenvalue weighted by Gasteiger charge is 2.22. The van der Waals surface area contributed by atoms with Crippen LogP contribution in [0.4, 0.5) is 5.13 Å². The normalized spacial score (nSPS) is 13.8. The number of hydrogen-bond acceptors (Lipinski definition) is 5. The van der Waals surface area contributed by atoms with Crippen LogP contribution in [0.25, 0.3) is 0 Å². The van der Waals surface area contributed by atoms with Crippen LogP contribution >= 0.6 is 11.3 Å². The van der Waals surface area contributed by atoms with Crippen molar-refractivity contribution in [1.82, 2.24) is 9.71 Å². The van der Waals surface area contributed by atoms with E-state index in [-0.39, 0.29) is 15.4 Å². The molecule has 0 aromatic carbocycles. The van der Waals surface area contributed by atoms with Crippen LogP contribution in [0.3, 0.4) is 0 Å². The largest absolute Gasteiger partial charge is 0.375 e. The molecule has 0 radical (unpaired) electrons. The lowest BCUT2D eigenvalue weighted by atomic mass is 10.2. The highest BCUT2D eigenvalue weighted by molar-refractivity contribution is 7.91. The minimum Gasteiger partial charge on any atom is -0.375 e. The van der Waals surface area contributed by atoms with Crippen molar-refractivity contribution < 1.29 is 8.42 Å². The van der Waals surface area contributed by atoms with Gasteiger partial charge in [0.2, 0.25) is 0 Å². The van der Waals surface area contributed by atoms with Crippen molar-refractivity contribution in [2.45, 2.75) is 50.3 Å². The van der Waals surface area contributed by atoms with Crippen LogP contribution in [0.5, 0.6) is 0 Å². The number of sulfonamides is 1. The molecule has 98 valence electrons. The molecule has 0 bridgehead atoms. The maximum Gasteiger partial charge on any atom is 0.252 e. The Morgan fingerprint density at radius 3 is 2.65 bits per heavy atom. The average molecular weight is 277 g/mol. The first-order chi connectivity index (χ1) is 7.86. The number of nitrogens with one attached hydrogen (secondary N) is 1. The Balaban J connectivity index is 2.79. The van der Waals surface area contributed by atoms with Crippen molar-refractivity contribution in [1.29, 1.82) is 0 Å². The third kappa shape index (κ3) is 3.93. The molecule has 0 aliphatic rings. The summed E-state index contributed by atoms with van der Waals surface area (Å²) >= 11 is 1.00. The number of rotatable bonds is 6. The van der Waals surface area contributed by atoms with E-state index >= 15 is 0 Å². The van der Waals surface area contributed by atoms with E-state index in [1.54, 1.807) is 6.92 Å². The van der Waals surface area contributed by atoms with Gasteiger partial charge >= 0.3 is 0 Å². The van der Waals surface area contributed by atoms with Gasteiger partial charge in [0.25, 0.3) is 10.0 Å². The SMILES string of the molecule is CCCCC(C)NS(=O)(=O)c1sc(N)nc1C. The van der Waals surface area contributed by atoms with Gasteiger partial charge in [-0.05, 0) is 20.3 Å². The smallest absolute Gasteiger partial charge is 0.252 e. The standard InChI is InChI=1S/C10H19N3O2S2/c1-4-5-6-7(2)13-17(14,15)9-8(3)12-10(11)16-9/h7,13H,4-6H2,1-3H3,(H2,11,12). The molecule has 0 saturated heterocycles. The predicted octanol–water partition coefficient (Wildman–Crippen LogP) is 1.89. The number of nitrogens with zero attached hydrogens (tertiary/aromatic N) is 1.